The van der Waals surface area contributed by atoms with Crippen molar-refractivity contribution in [3.63, 3.8) is 0 Å². The number of benzene rings is 1. The van der Waals surface area contributed by atoms with Gasteiger partial charge in [0.05, 0.1) is 11.9 Å². The van der Waals surface area contributed by atoms with E-state index in [0.717, 1.165) is 11.3 Å². The predicted molar refractivity (Wildman–Crippen MR) is 50.4 cm³/mol. The molecule has 6 heteroatoms. The summed E-state index contributed by atoms with van der Waals surface area (Å²) in [5.74, 6) is 0.520. The second-order valence-corrected chi connectivity index (χ2v) is 2.84. The van der Waals surface area contributed by atoms with E-state index in [-0.39, 0.29) is 0 Å². The van der Waals surface area contributed by atoms with Crippen LogP contribution in [-0.4, -0.2) is 26.4 Å². The average molecular weight is 186 g/mol. The number of hydrogen-bond acceptors (Lipinski definition) is 5. The molecule has 14 heavy (non-hydrogen) atoms. The average Bonchev–Trinajstić information content (AvgIpc) is 2.61. The lowest BCUT2D eigenvalue weighted by Gasteiger charge is -2.02. The highest BCUT2D eigenvalue weighted by atomic mass is 15.6. The molecule has 6 nitrogen and oxygen atoms in total. The molecule has 0 aliphatic carbocycles. The van der Waals surface area contributed by atoms with E-state index in [1.807, 2.05) is 24.3 Å². The lowest BCUT2D eigenvalue weighted by molar-refractivity contribution is 0.791. The molecule has 3 rings (SSSR count). The van der Waals surface area contributed by atoms with Crippen LogP contribution in [0.2, 0.25) is 0 Å². The van der Waals surface area contributed by atoms with Gasteiger partial charge in [0.25, 0.3) is 5.95 Å². The van der Waals surface area contributed by atoms with Crippen molar-refractivity contribution in [1.82, 2.24) is 20.2 Å². The number of anilines is 1. The van der Waals surface area contributed by atoms with E-state index in [1.54, 1.807) is 10.9 Å². The topological polar surface area (TPSA) is 68.0 Å². The summed E-state index contributed by atoms with van der Waals surface area (Å²) in [5, 5.41) is 15.2. The number of rotatable bonds is 0. The van der Waals surface area contributed by atoms with Gasteiger partial charge < -0.3 is 0 Å². The van der Waals surface area contributed by atoms with Crippen LogP contribution < -0.4 is 5.43 Å². The molecule has 1 N–H and O–H groups in total. The molecule has 68 valence electrons. The fourth-order valence-electron chi connectivity index (χ4n) is 1.37. The van der Waals surface area contributed by atoms with Crippen molar-refractivity contribution >= 4 is 12.2 Å². The first-order chi connectivity index (χ1) is 6.95. The van der Waals surface area contributed by atoms with Crippen LogP contribution in [0.1, 0.15) is 5.56 Å². The molecule has 0 spiro atoms. The summed E-state index contributed by atoms with van der Waals surface area (Å²) in [6, 6.07) is 7.77. The van der Waals surface area contributed by atoms with Crippen molar-refractivity contribution in [3.05, 3.63) is 29.8 Å². The molecule has 0 saturated heterocycles. The van der Waals surface area contributed by atoms with Crippen LogP contribution in [0.3, 0.4) is 0 Å². The van der Waals surface area contributed by atoms with E-state index in [9.17, 15) is 0 Å². The Kier molecular flexibility index (Phi) is 1.35. The SMILES string of the molecule is C1=NNc2nnnn2-c2ccccc21. The Labute approximate surface area is 79.2 Å². The lowest BCUT2D eigenvalue weighted by atomic mass is 10.2. The summed E-state index contributed by atoms with van der Waals surface area (Å²) in [4.78, 5) is 0. The van der Waals surface area contributed by atoms with Gasteiger partial charge in [-0.3, -0.25) is 0 Å². The second kappa shape index (κ2) is 2.63. The molecule has 2 heterocycles. The third-order valence-corrected chi connectivity index (χ3v) is 2.00. The van der Waals surface area contributed by atoms with Gasteiger partial charge in [-0.2, -0.15) is 9.78 Å². The first kappa shape index (κ1) is 7.19. The standard InChI is InChI=1S/C8H6N6/c1-2-4-7-6(3-1)5-9-10-8-11-12-13-14(7)8/h1-5H,(H,10,11,13). The summed E-state index contributed by atoms with van der Waals surface area (Å²) in [5.41, 5.74) is 4.64. The maximum Gasteiger partial charge on any atom is 0.268 e. The normalized spacial score (nSPS) is 12.6. The number of para-hydroxylation sites is 1. The van der Waals surface area contributed by atoms with Crippen molar-refractivity contribution in [2.24, 2.45) is 5.10 Å². The van der Waals surface area contributed by atoms with E-state index >= 15 is 0 Å². The Morgan fingerprint density at radius 3 is 3.14 bits per heavy atom. The van der Waals surface area contributed by atoms with Crippen LogP contribution in [0.4, 0.5) is 5.95 Å². The summed E-state index contributed by atoms with van der Waals surface area (Å²) >= 11 is 0. The fourth-order valence-corrected chi connectivity index (χ4v) is 1.37. The predicted octanol–water partition coefficient (Wildman–Crippen LogP) is 0.422. The number of aromatic nitrogens is 4. The van der Waals surface area contributed by atoms with Gasteiger partial charge in [-0.25, -0.2) is 5.43 Å². The maximum atomic E-state index is 3.99. The summed E-state index contributed by atoms with van der Waals surface area (Å²) in [6.07, 6.45) is 1.73. The molecule has 1 aliphatic heterocycles. The van der Waals surface area contributed by atoms with Crippen LogP contribution in [0.5, 0.6) is 0 Å². The highest BCUT2D eigenvalue weighted by molar-refractivity contribution is 5.86. The number of tetrazole rings is 1. The summed E-state index contributed by atoms with van der Waals surface area (Å²) < 4.78 is 1.61. The van der Waals surface area contributed by atoms with E-state index in [4.69, 9.17) is 0 Å². The van der Waals surface area contributed by atoms with Crippen molar-refractivity contribution in [2.75, 3.05) is 5.43 Å². The molecule has 0 unspecified atom stereocenters. The Hall–Kier alpha value is -2.24. The van der Waals surface area contributed by atoms with Gasteiger partial charge in [0.15, 0.2) is 0 Å². The molecule has 1 aromatic carbocycles. The van der Waals surface area contributed by atoms with Crippen LogP contribution in [-0.2, 0) is 0 Å². The van der Waals surface area contributed by atoms with Gasteiger partial charge >= 0.3 is 0 Å². The lowest BCUT2D eigenvalue weighted by Crippen LogP contribution is -2.01. The van der Waals surface area contributed by atoms with Gasteiger partial charge in [-0.1, -0.05) is 23.3 Å². The smallest absolute Gasteiger partial charge is 0.244 e. The van der Waals surface area contributed by atoms with Gasteiger partial charge in [0, 0.05) is 5.56 Å². The van der Waals surface area contributed by atoms with E-state index < -0.39 is 0 Å². The van der Waals surface area contributed by atoms with Crippen molar-refractivity contribution in [2.45, 2.75) is 0 Å². The zero-order valence-electron chi connectivity index (χ0n) is 7.12. The van der Waals surface area contributed by atoms with E-state index in [1.165, 1.54) is 0 Å². The number of hydrogen-bond donors (Lipinski definition) is 1. The molecule has 2 aromatic rings. The highest BCUT2D eigenvalue weighted by Gasteiger charge is 2.12. The Balaban J connectivity index is 2.34. The molecule has 0 amide bonds. The van der Waals surface area contributed by atoms with E-state index in [2.05, 4.69) is 26.1 Å². The minimum Gasteiger partial charge on any atom is -0.244 e. The molecule has 0 radical (unpaired) electrons. The second-order valence-electron chi connectivity index (χ2n) is 2.84. The first-order valence-electron chi connectivity index (χ1n) is 4.12. The summed E-state index contributed by atoms with van der Waals surface area (Å²) in [6.45, 7) is 0. The first-order valence-corrected chi connectivity index (χ1v) is 4.12. The van der Waals surface area contributed by atoms with Crippen LogP contribution in [0.25, 0.3) is 5.69 Å². The zero-order valence-corrected chi connectivity index (χ0v) is 7.12. The van der Waals surface area contributed by atoms with Crippen LogP contribution >= 0.6 is 0 Å². The van der Waals surface area contributed by atoms with Crippen LogP contribution in [0.15, 0.2) is 29.4 Å². The molecule has 1 aliphatic rings. The minimum atomic E-state index is 0.520. The fraction of sp³-hybridized carbons (Fsp3) is 0. The Bertz CT molecular complexity index is 500. The van der Waals surface area contributed by atoms with Gasteiger partial charge in [-0.15, -0.1) is 0 Å². The van der Waals surface area contributed by atoms with Crippen molar-refractivity contribution in [3.8, 4) is 5.69 Å². The van der Waals surface area contributed by atoms with Gasteiger partial charge in [-0.05, 0) is 16.5 Å². The third kappa shape index (κ3) is 0.905. The number of hydrazone groups is 1. The quantitative estimate of drug-likeness (QED) is 0.647. The molecule has 0 saturated carbocycles. The molecule has 0 bridgehead atoms. The molecule has 0 atom stereocenters. The molecule has 1 aromatic heterocycles. The van der Waals surface area contributed by atoms with E-state index in [0.29, 0.717) is 5.95 Å². The number of nitrogens with one attached hydrogen (secondary N) is 1. The number of nitrogens with zero attached hydrogens (tertiary/aromatic N) is 5. The van der Waals surface area contributed by atoms with Crippen LogP contribution in [0, 0.1) is 0 Å². The van der Waals surface area contributed by atoms with Crippen molar-refractivity contribution in [1.29, 1.82) is 0 Å². The Morgan fingerprint density at radius 1 is 1.21 bits per heavy atom. The number of fused-ring (bicyclic) bond motifs is 3. The summed E-state index contributed by atoms with van der Waals surface area (Å²) in [7, 11) is 0. The molecule has 0 fully saturated rings. The maximum absolute atomic E-state index is 3.99. The van der Waals surface area contributed by atoms with Gasteiger partial charge in [0.2, 0.25) is 0 Å². The van der Waals surface area contributed by atoms with Gasteiger partial charge in [0.1, 0.15) is 0 Å². The molecular formula is C8H6N6. The Morgan fingerprint density at radius 2 is 2.14 bits per heavy atom. The minimum absolute atomic E-state index is 0.520. The third-order valence-electron chi connectivity index (χ3n) is 2.00. The molecular weight excluding hydrogens is 180 g/mol. The highest BCUT2D eigenvalue weighted by Crippen LogP contribution is 2.17. The van der Waals surface area contributed by atoms with Crippen molar-refractivity contribution < 1.29 is 0 Å². The zero-order chi connectivity index (χ0) is 9.38. The largest absolute Gasteiger partial charge is 0.268 e. The monoisotopic (exact) mass is 186 g/mol.